The number of benzene rings is 3. The predicted octanol–water partition coefficient (Wildman–Crippen LogP) is 5.09. The maximum absolute atomic E-state index is 12.7. The van der Waals surface area contributed by atoms with E-state index < -0.39 is 18.1 Å². The Morgan fingerprint density at radius 1 is 0.844 bits per heavy atom. The van der Waals surface area contributed by atoms with E-state index in [1.165, 1.54) is 11.1 Å². The van der Waals surface area contributed by atoms with E-state index in [4.69, 9.17) is 9.47 Å². The van der Waals surface area contributed by atoms with E-state index in [-0.39, 0.29) is 12.5 Å². The molecule has 1 atom stereocenters. The Balaban J connectivity index is 1.44. The number of hydrogen-bond donors (Lipinski definition) is 1. The summed E-state index contributed by atoms with van der Waals surface area (Å²) in [6, 6.07) is 25.1. The van der Waals surface area contributed by atoms with Gasteiger partial charge in [0.15, 0.2) is 0 Å². The van der Waals surface area contributed by atoms with Crippen LogP contribution in [-0.2, 0) is 20.7 Å². The third-order valence-electron chi connectivity index (χ3n) is 5.65. The van der Waals surface area contributed by atoms with Gasteiger partial charge in [-0.15, -0.1) is 0 Å². The molecule has 0 heterocycles. The normalized spacial score (nSPS) is 13.0. The lowest BCUT2D eigenvalue weighted by Crippen LogP contribution is -2.44. The molecule has 0 fully saturated rings. The van der Waals surface area contributed by atoms with E-state index in [1.807, 2.05) is 61.5 Å². The molecule has 3 aromatic rings. The van der Waals surface area contributed by atoms with Crippen molar-refractivity contribution in [2.24, 2.45) is 0 Å². The standard InChI is InChI=1S/C27H27NO4/c1-2-16-31-26(29)25(17-19-10-4-3-5-11-19)28-27(30)32-18-24-22-14-8-6-12-20(22)21-13-7-9-15-23(21)24/h3-15,24-25H,2,16-18H2,1H3,(H,28,30)/t25-/m0/s1. The summed E-state index contributed by atoms with van der Waals surface area (Å²) >= 11 is 0. The van der Waals surface area contributed by atoms with Crippen LogP contribution in [0.5, 0.6) is 0 Å². The molecule has 0 aromatic heterocycles. The number of esters is 1. The number of alkyl carbamates (subject to hydrolysis) is 1. The van der Waals surface area contributed by atoms with Crippen molar-refractivity contribution < 1.29 is 19.1 Å². The maximum atomic E-state index is 12.7. The third kappa shape index (κ3) is 4.83. The Morgan fingerprint density at radius 3 is 2.06 bits per heavy atom. The van der Waals surface area contributed by atoms with Gasteiger partial charge in [0.2, 0.25) is 0 Å². The van der Waals surface area contributed by atoms with Crippen LogP contribution in [0.3, 0.4) is 0 Å². The quantitative estimate of drug-likeness (QED) is 0.507. The van der Waals surface area contributed by atoms with Gasteiger partial charge in [0.1, 0.15) is 12.6 Å². The Bertz CT molecular complexity index is 1030. The van der Waals surface area contributed by atoms with E-state index >= 15 is 0 Å². The number of carbonyl (C=O) groups is 2. The van der Waals surface area contributed by atoms with E-state index in [1.54, 1.807) is 0 Å². The molecule has 1 aliphatic rings. The molecule has 1 N–H and O–H groups in total. The molecule has 5 heteroatoms. The van der Waals surface area contributed by atoms with Gasteiger partial charge in [-0.05, 0) is 34.2 Å². The Hall–Kier alpha value is -3.60. The highest BCUT2D eigenvalue weighted by Crippen LogP contribution is 2.44. The fraction of sp³-hybridized carbons (Fsp3) is 0.259. The summed E-state index contributed by atoms with van der Waals surface area (Å²) in [6.07, 6.45) is 0.434. The first-order chi connectivity index (χ1) is 15.7. The van der Waals surface area contributed by atoms with E-state index in [2.05, 4.69) is 29.6 Å². The van der Waals surface area contributed by atoms with Crippen molar-refractivity contribution in [1.29, 1.82) is 0 Å². The van der Waals surface area contributed by atoms with Gasteiger partial charge in [-0.2, -0.15) is 0 Å². The molecule has 0 aliphatic heterocycles. The fourth-order valence-corrected chi connectivity index (χ4v) is 4.13. The van der Waals surface area contributed by atoms with Crippen LogP contribution in [0, 0.1) is 0 Å². The highest BCUT2D eigenvalue weighted by molar-refractivity contribution is 5.82. The molecule has 0 saturated heterocycles. The maximum Gasteiger partial charge on any atom is 0.407 e. The average Bonchev–Trinajstić information content (AvgIpc) is 3.15. The van der Waals surface area contributed by atoms with Crippen LogP contribution in [-0.4, -0.2) is 31.3 Å². The van der Waals surface area contributed by atoms with Crippen molar-refractivity contribution in [2.75, 3.05) is 13.2 Å². The highest BCUT2D eigenvalue weighted by Gasteiger charge is 2.30. The second-order valence-corrected chi connectivity index (χ2v) is 7.88. The van der Waals surface area contributed by atoms with Crippen molar-refractivity contribution in [3.05, 3.63) is 95.6 Å². The van der Waals surface area contributed by atoms with Gasteiger partial charge >= 0.3 is 12.1 Å². The van der Waals surface area contributed by atoms with Gasteiger partial charge in [-0.25, -0.2) is 9.59 Å². The summed E-state index contributed by atoms with van der Waals surface area (Å²) < 4.78 is 10.9. The third-order valence-corrected chi connectivity index (χ3v) is 5.65. The number of ether oxygens (including phenoxy) is 2. The minimum absolute atomic E-state index is 0.0345. The topological polar surface area (TPSA) is 64.6 Å². The molecule has 0 bridgehead atoms. The smallest absolute Gasteiger partial charge is 0.407 e. The molecule has 0 spiro atoms. The van der Waals surface area contributed by atoms with Crippen molar-refractivity contribution in [3.63, 3.8) is 0 Å². The number of fused-ring (bicyclic) bond motifs is 3. The van der Waals surface area contributed by atoms with Gasteiger partial charge in [-0.1, -0.05) is 85.8 Å². The Labute approximate surface area is 188 Å². The number of hydrogen-bond acceptors (Lipinski definition) is 4. The molecule has 32 heavy (non-hydrogen) atoms. The van der Waals surface area contributed by atoms with Crippen LogP contribution in [0.4, 0.5) is 4.79 Å². The highest BCUT2D eigenvalue weighted by atomic mass is 16.6. The van der Waals surface area contributed by atoms with Crippen molar-refractivity contribution in [3.8, 4) is 11.1 Å². The number of amides is 1. The predicted molar refractivity (Wildman–Crippen MR) is 123 cm³/mol. The summed E-state index contributed by atoms with van der Waals surface area (Å²) in [5.41, 5.74) is 5.56. The molecule has 5 nitrogen and oxygen atoms in total. The minimum Gasteiger partial charge on any atom is -0.464 e. The molecule has 1 amide bonds. The summed E-state index contributed by atoms with van der Waals surface area (Å²) in [6.45, 7) is 2.44. The van der Waals surface area contributed by atoms with Crippen molar-refractivity contribution in [2.45, 2.75) is 31.7 Å². The molecule has 0 unspecified atom stereocenters. The van der Waals surface area contributed by atoms with E-state index in [9.17, 15) is 9.59 Å². The van der Waals surface area contributed by atoms with Crippen molar-refractivity contribution >= 4 is 12.1 Å². The summed E-state index contributed by atoms with van der Waals surface area (Å²) in [5.74, 6) is -0.489. The van der Waals surface area contributed by atoms with Gasteiger partial charge < -0.3 is 14.8 Å². The van der Waals surface area contributed by atoms with E-state index in [0.717, 1.165) is 23.1 Å². The fourth-order valence-electron chi connectivity index (χ4n) is 4.13. The largest absolute Gasteiger partial charge is 0.464 e. The van der Waals surface area contributed by atoms with Crippen LogP contribution >= 0.6 is 0 Å². The van der Waals surface area contributed by atoms with Gasteiger partial charge in [-0.3, -0.25) is 0 Å². The molecule has 4 rings (SSSR count). The summed E-state index contributed by atoms with van der Waals surface area (Å²) in [5, 5.41) is 2.71. The van der Waals surface area contributed by atoms with Crippen molar-refractivity contribution in [1.82, 2.24) is 5.32 Å². The summed E-state index contributed by atoms with van der Waals surface area (Å²) in [4.78, 5) is 25.2. The summed E-state index contributed by atoms with van der Waals surface area (Å²) in [7, 11) is 0. The van der Waals surface area contributed by atoms with Crippen LogP contribution < -0.4 is 5.32 Å². The minimum atomic E-state index is -0.806. The molecule has 1 aliphatic carbocycles. The van der Waals surface area contributed by atoms with Crippen LogP contribution in [0.25, 0.3) is 11.1 Å². The SMILES string of the molecule is CCCOC(=O)[C@H](Cc1ccccc1)NC(=O)OCC1c2ccccc2-c2ccccc21. The second kappa shape index (κ2) is 10.1. The molecular weight excluding hydrogens is 402 g/mol. The second-order valence-electron chi connectivity index (χ2n) is 7.88. The first-order valence-corrected chi connectivity index (χ1v) is 11.0. The lowest BCUT2D eigenvalue weighted by atomic mass is 9.98. The lowest BCUT2D eigenvalue weighted by molar-refractivity contribution is -0.146. The van der Waals surface area contributed by atoms with Gasteiger partial charge in [0.05, 0.1) is 6.61 Å². The zero-order valence-electron chi connectivity index (χ0n) is 18.1. The van der Waals surface area contributed by atoms with E-state index in [0.29, 0.717) is 13.0 Å². The first kappa shape index (κ1) is 21.6. The van der Waals surface area contributed by atoms with Gasteiger partial charge in [0.25, 0.3) is 0 Å². The molecule has 3 aromatic carbocycles. The molecule has 164 valence electrons. The lowest BCUT2D eigenvalue weighted by Gasteiger charge is -2.19. The van der Waals surface area contributed by atoms with Crippen LogP contribution in [0.2, 0.25) is 0 Å². The first-order valence-electron chi connectivity index (χ1n) is 11.0. The molecular formula is C27H27NO4. The zero-order chi connectivity index (χ0) is 22.3. The number of nitrogens with one attached hydrogen (secondary N) is 1. The molecule has 0 radical (unpaired) electrons. The van der Waals surface area contributed by atoms with Gasteiger partial charge in [0, 0.05) is 12.3 Å². The average molecular weight is 430 g/mol. The Kier molecular flexibility index (Phi) is 6.85. The number of rotatable bonds is 8. The van der Waals surface area contributed by atoms with Crippen LogP contribution in [0.1, 0.15) is 36.0 Å². The van der Waals surface area contributed by atoms with Crippen LogP contribution in [0.15, 0.2) is 78.9 Å². The number of carbonyl (C=O) groups excluding carboxylic acids is 2. The zero-order valence-corrected chi connectivity index (χ0v) is 18.1. The Morgan fingerprint density at radius 2 is 1.44 bits per heavy atom. The monoisotopic (exact) mass is 429 g/mol. The molecule has 0 saturated carbocycles.